The lowest BCUT2D eigenvalue weighted by Crippen LogP contribution is -2.28. The van der Waals surface area contributed by atoms with Crippen molar-refractivity contribution in [2.45, 2.75) is 33.2 Å². The summed E-state index contributed by atoms with van der Waals surface area (Å²) >= 11 is 3.44. The monoisotopic (exact) mass is 435 g/mol. The quantitative estimate of drug-likeness (QED) is 0.552. The van der Waals surface area contributed by atoms with Gasteiger partial charge in [-0.15, -0.1) is 0 Å². The topological polar surface area (TPSA) is 56.8 Å². The van der Waals surface area contributed by atoms with Gasteiger partial charge >= 0.3 is 0 Å². The molecule has 6 heteroatoms. The highest BCUT2D eigenvalue weighted by Crippen LogP contribution is 2.28. The van der Waals surface area contributed by atoms with Gasteiger partial charge in [-0.1, -0.05) is 35.3 Å². The van der Waals surface area contributed by atoms with Gasteiger partial charge in [-0.2, -0.15) is 0 Å². The van der Waals surface area contributed by atoms with Gasteiger partial charge in [0, 0.05) is 11.0 Å². The third-order valence-electron chi connectivity index (χ3n) is 3.97. The van der Waals surface area contributed by atoms with E-state index < -0.39 is 0 Å². The van der Waals surface area contributed by atoms with Crippen LogP contribution < -0.4 is 19.5 Å². The Balaban J connectivity index is 1.84. The van der Waals surface area contributed by atoms with Crippen LogP contribution in [0, 0.1) is 6.92 Å². The van der Waals surface area contributed by atoms with Crippen LogP contribution in [0.2, 0.25) is 0 Å². The van der Waals surface area contributed by atoms with Crippen molar-refractivity contribution in [3.63, 3.8) is 0 Å². The minimum absolute atomic E-state index is 0.0313. The van der Waals surface area contributed by atoms with Gasteiger partial charge in [-0.3, -0.25) is 4.79 Å². The van der Waals surface area contributed by atoms with Crippen LogP contribution in [0.25, 0.3) is 0 Å². The predicted molar refractivity (Wildman–Crippen MR) is 110 cm³/mol. The summed E-state index contributed by atoms with van der Waals surface area (Å²) in [4.78, 5) is 12.0. The minimum Gasteiger partial charge on any atom is -0.493 e. The second-order valence-electron chi connectivity index (χ2n) is 6.16. The van der Waals surface area contributed by atoms with Gasteiger partial charge in [0.25, 0.3) is 5.91 Å². The number of nitrogens with one attached hydrogen (secondary N) is 1. The number of halogens is 1. The third kappa shape index (κ3) is 6.79. The van der Waals surface area contributed by atoms with Crippen molar-refractivity contribution in [2.75, 3.05) is 20.3 Å². The zero-order valence-corrected chi connectivity index (χ0v) is 17.6. The number of carbonyl (C=O) groups is 1. The van der Waals surface area contributed by atoms with E-state index in [2.05, 4.69) is 28.2 Å². The van der Waals surface area contributed by atoms with E-state index in [1.807, 2.05) is 43.3 Å². The molecule has 0 radical (unpaired) electrons. The van der Waals surface area contributed by atoms with Crippen molar-refractivity contribution in [3.8, 4) is 17.2 Å². The molecule has 0 aliphatic carbocycles. The van der Waals surface area contributed by atoms with Crippen LogP contribution in [0.4, 0.5) is 0 Å². The Morgan fingerprint density at radius 2 is 1.93 bits per heavy atom. The molecule has 2 aromatic rings. The summed E-state index contributed by atoms with van der Waals surface area (Å²) < 4.78 is 17.6. The molecule has 0 bridgehead atoms. The fourth-order valence-electron chi connectivity index (χ4n) is 2.38. The first-order valence-electron chi connectivity index (χ1n) is 8.98. The molecule has 5 nitrogen and oxygen atoms in total. The third-order valence-corrected chi connectivity index (χ3v) is 4.86. The zero-order chi connectivity index (χ0) is 19.6. The minimum atomic E-state index is -0.183. The van der Waals surface area contributed by atoms with Gasteiger partial charge in [0.05, 0.1) is 13.7 Å². The van der Waals surface area contributed by atoms with E-state index in [1.165, 1.54) is 0 Å². The number of ether oxygens (including phenoxy) is 3. The van der Waals surface area contributed by atoms with Gasteiger partial charge in [-0.25, -0.2) is 0 Å². The number of aryl methyl sites for hydroxylation is 1. The van der Waals surface area contributed by atoms with E-state index in [0.717, 1.165) is 34.2 Å². The summed E-state index contributed by atoms with van der Waals surface area (Å²) in [5.41, 5.74) is 1.99. The van der Waals surface area contributed by atoms with Crippen molar-refractivity contribution in [1.82, 2.24) is 5.32 Å². The van der Waals surface area contributed by atoms with Crippen molar-refractivity contribution in [2.24, 2.45) is 0 Å². The van der Waals surface area contributed by atoms with Crippen LogP contribution in [0.1, 0.15) is 30.9 Å². The smallest absolute Gasteiger partial charge is 0.258 e. The molecule has 2 aromatic carbocycles. The van der Waals surface area contributed by atoms with Gasteiger partial charge < -0.3 is 19.5 Å². The number of hydrogen-bond donors (Lipinski definition) is 1. The zero-order valence-electron chi connectivity index (χ0n) is 16.0. The normalized spacial score (nSPS) is 10.4. The molecule has 0 unspecified atom stereocenters. The first-order chi connectivity index (χ1) is 13.0. The largest absolute Gasteiger partial charge is 0.493 e. The molecule has 0 atom stereocenters. The van der Waals surface area contributed by atoms with Crippen LogP contribution in [0.3, 0.4) is 0 Å². The molecule has 0 aliphatic rings. The molecule has 2 rings (SSSR count). The Morgan fingerprint density at radius 1 is 1.11 bits per heavy atom. The number of benzene rings is 2. The van der Waals surface area contributed by atoms with Gasteiger partial charge in [0.1, 0.15) is 5.75 Å². The van der Waals surface area contributed by atoms with Crippen LogP contribution >= 0.6 is 15.9 Å². The maximum Gasteiger partial charge on any atom is 0.258 e. The molecule has 0 heterocycles. The Kier molecular flexibility index (Phi) is 8.45. The summed E-state index contributed by atoms with van der Waals surface area (Å²) in [5, 5.41) is 2.85. The molecule has 27 heavy (non-hydrogen) atoms. The Morgan fingerprint density at radius 3 is 2.63 bits per heavy atom. The Labute approximate surface area is 169 Å². The highest BCUT2D eigenvalue weighted by atomic mass is 79.9. The van der Waals surface area contributed by atoms with E-state index in [-0.39, 0.29) is 12.5 Å². The number of unbranched alkanes of at least 4 members (excludes halogenated alkanes) is 1. The highest BCUT2D eigenvalue weighted by molar-refractivity contribution is 9.10. The van der Waals surface area contributed by atoms with Crippen LogP contribution in [-0.4, -0.2) is 26.2 Å². The average molecular weight is 436 g/mol. The summed E-state index contributed by atoms with van der Waals surface area (Å²) in [6.07, 6.45) is 2.08. The molecule has 1 N–H and O–H groups in total. The summed E-state index contributed by atoms with van der Waals surface area (Å²) in [6, 6.07) is 11.3. The summed E-state index contributed by atoms with van der Waals surface area (Å²) in [6.45, 7) is 5.12. The fraction of sp³-hybridized carbons (Fsp3) is 0.381. The van der Waals surface area contributed by atoms with Crippen molar-refractivity contribution < 1.29 is 19.0 Å². The molecular weight excluding hydrogens is 410 g/mol. The van der Waals surface area contributed by atoms with Crippen LogP contribution in [0.15, 0.2) is 40.9 Å². The van der Waals surface area contributed by atoms with Crippen molar-refractivity contribution in [3.05, 3.63) is 52.0 Å². The number of hydrogen-bond acceptors (Lipinski definition) is 4. The average Bonchev–Trinajstić information content (AvgIpc) is 2.68. The Hall–Kier alpha value is -2.21. The summed E-state index contributed by atoms with van der Waals surface area (Å²) in [5.74, 6) is 1.87. The first kappa shape index (κ1) is 21.1. The molecule has 0 fully saturated rings. The molecule has 0 aromatic heterocycles. The van der Waals surface area contributed by atoms with E-state index in [1.54, 1.807) is 7.11 Å². The molecule has 0 saturated carbocycles. The second-order valence-corrected chi connectivity index (χ2v) is 7.02. The fourth-order valence-corrected chi connectivity index (χ4v) is 2.62. The van der Waals surface area contributed by atoms with Crippen LogP contribution in [-0.2, 0) is 11.3 Å². The van der Waals surface area contributed by atoms with E-state index in [9.17, 15) is 4.79 Å². The molecule has 0 saturated heterocycles. The van der Waals surface area contributed by atoms with Gasteiger partial charge in [0.15, 0.2) is 18.1 Å². The predicted octanol–water partition coefficient (Wildman–Crippen LogP) is 4.64. The summed E-state index contributed by atoms with van der Waals surface area (Å²) in [7, 11) is 1.61. The standard InChI is InChI=1S/C21H26BrNO4/c1-4-5-10-26-19-9-6-16(12-20(19)25-3)13-23-21(24)14-27-17-7-8-18(22)15(2)11-17/h6-9,11-12H,4-5,10,13-14H2,1-3H3,(H,23,24). The van der Waals surface area contributed by atoms with E-state index in [4.69, 9.17) is 14.2 Å². The number of carbonyl (C=O) groups excluding carboxylic acids is 1. The van der Waals surface area contributed by atoms with Gasteiger partial charge in [0.2, 0.25) is 0 Å². The molecule has 146 valence electrons. The molecule has 1 amide bonds. The highest BCUT2D eigenvalue weighted by Gasteiger charge is 2.08. The first-order valence-corrected chi connectivity index (χ1v) is 9.78. The number of rotatable bonds is 10. The molecule has 0 spiro atoms. The molecule has 0 aliphatic heterocycles. The van der Waals surface area contributed by atoms with Crippen molar-refractivity contribution in [1.29, 1.82) is 0 Å². The second kappa shape index (κ2) is 10.8. The Bertz CT molecular complexity index is 764. The number of methoxy groups -OCH3 is 1. The lowest BCUT2D eigenvalue weighted by atomic mass is 10.2. The lowest BCUT2D eigenvalue weighted by Gasteiger charge is -2.13. The van der Waals surface area contributed by atoms with Gasteiger partial charge in [-0.05, 0) is 54.8 Å². The van der Waals surface area contributed by atoms with Crippen molar-refractivity contribution >= 4 is 21.8 Å². The SMILES string of the molecule is CCCCOc1ccc(CNC(=O)COc2ccc(Br)c(C)c2)cc1OC. The lowest BCUT2D eigenvalue weighted by molar-refractivity contribution is -0.123. The maximum atomic E-state index is 12.0. The van der Waals surface area contributed by atoms with E-state index in [0.29, 0.717) is 24.7 Å². The number of amides is 1. The van der Waals surface area contributed by atoms with Crippen LogP contribution in [0.5, 0.6) is 17.2 Å². The van der Waals surface area contributed by atoms with E-state index >= 15 is 0 Å². The maximum absolute atomic E-state index is 12.0. The molecular formula is C21H26BrNO4.